The first-order valence-electron chi connectivity index (χ1n) is 12.8. The molecule has 2 atom stereocenters. The van der Waals surface area contributed by atoms with Crippen LogP contribution in [0.2, 0.25) is 5.02 Å². The Morgan fingerprint density at radius 3 is 2.83 bits per heavy atom. The van der Waals surface area contributed by atoms with Gasteiger partial charge in [-0.2, -0.15) is 0 Å². The Balaban J connectivity index is 1.43. The summed E-state index contributed by atoms with van der Waals surface area (Å²) in [6.45, 7) is 3.95. The van der Waals surface area contributed by atoms with Gasteiger partial charge in [-0.05, 0) is 49.8 Å². The van der Waals surface area contributed by atoms with E-state index in [-0.39, 0.29) is 35.9 Å². The maximum absolute atomic E-state index is 14.6. The van der Waals surface area contributed by atoms with E-state index >= 15 is 0 Å². The molecule has 3 aromatic rings. The summed E-state index contributed by atoms with van der Waals surface area (Å²) in [5.41, 5.74) is 2.23. The van der Waals surface area contributed by atoms with Gasteiger partial charge in [-0.1, -0.05) is 18.0 Å². The smallest absolute Gasteiger partial charge is 0.411 e. The molecule has 2 amide bonds. The zero-order chi connectivity index (χ0) is 28.4. The van der Waals surface area contributed by atoms with Gasteiger partial charge in [0, 0.05) is 30.6 Å². The van der Waals surface area contributed by atoms with E-state index in [4.69, 9.17) is 21.1 Å². The third-order valence-corrected chi connectivity index (χ3v) is 7.34. The first kappa shape index (κ1) is 27.4. The molecular formula is C28H28ClF2N5O4. The molecule has 2 aliphatic heterocycles. The van der Waals surface area contributed by atoms with Crippen molar-refractivity contribution in [2.45, 2.75) is 44.2 Å². The predicted molar refractivity (Wildman–Crippen MR) is 146 cm³/mol. The number of imidazole rings is 1. The number of rotatable bonds is 5. The van der Waals surface area contributed by atoms with Crippen molar-refractivity contribution < 1.29 is 27.8 Å². The van der Waals surface area contributed by atoms with Crippen molar-refractivity contribution in [3.05, 3.63) is 77.0 Å². The van der Waals surface area contributed by atoms with Gasteiger partial charge in [0.05, 0.1) is 41.3 Å². The second-order valence-corrected chi connectivity index (χ2v) is 10.0. The van der Waals surface area contributed by atoms with Crippen molar-refractivity contribution >= 4 is 35.0 Å². The molecule has 40 heavy (non-hydrogen) atoms. The second-order valence-electron chi connectivity index (χ2n) is 9.62. The Hall–Kier alpha value is -4.12. The number of hydrogen-bond donors (Lipinski definition) is 3. The first-order valence-corrected chi connectivity index (χ1v) is 13.2. The summed E-state index contributed by atoms with van der Waals surface area (Å²) in [5.74, 6) is -1.01. The molecule has 12 heteroatoms. The van der Waals surface area contributed by atoms with Crippen LogP contribution in [0.1, 0.15) is 55.6 Å². The van der Waals surface area contributed by atoms with Crippen LogP contribution in [0.25, 0.3) is 11.3 Å². The van der Waals surface area contributed by atoms with E-state index in [1.54, 1.807) is 12.3 Å². The normalized spacial score (nSPS) is 19.4. The van der Waals surface area contributed by atoms with Crippen LogP contribution in [0, 0.1) is 11.6 Å². The second kappa shape index (κ2) is 11.5. The molecule has 2 bridgehead atoms. The largest absolute Gasteiger partial charge is 0.483 e. The highest BCUT2D eigenvalue weighted by Gasteiger charge is 2.37. The lowest BCUT2D eigenvalue weighted by molar-refractivity contribution is -0.116. The number of H-pyrrole nitrogens is 1. The van der Waals surface area contributed by atoms with E-state index < -0.39 is 29.9 Å². The molecule has 0 radical (unpaired) electrons. The Morgan fingerprint density at radius 1 is 1.23 bits per heavy atom. The van der Waals surface area contributed by atoms with Crippen molar-refractivity contribution in [1.82, 2.24) is 14.9 Å². The number of fused-ring (bicyclic) bond motifs is 4. The van der Waals surface area contributed by atoms with Crippen molar-refractivity contribution in [3.8, 4) is 11.3 Å². The molecule has 0 spiro atoms. The van der Waals surface area contributed by atoms with Crippen molar-refractivity contribution in [2.75, 3.05) is 24.3 Å². The zero-order valence-corrected chi connectivity index (χ0v) is 22.5. The molecule has 210 valence electrons. The van der Waals surface area contributed by atoms with Gasteiger partial charge in [-0.3, -0.25) is 9.69 Å². The Bertz CT molecular complexity index is 1460. The number of cyclic esters (lactones) is 1. The van der Waals surface area contributed by atoms with Gasteiger partial charge in [-0.15, -0.1) is 0 Å². The molecule has 0 unspecified atom stereocenters. The van der Waals surface area contributed by atoms with Crippen LogP contribution in [-0.2, 0) is 14.3 Å². The lowest BCUT2D eigenvalue weighted by atomic mass is 10.0. The Labute approximate surface area is 234 Å². The minimum absolute atomic E-state index is 0.147. The molecule has 1 aromatic heterocycles. The number of methoxy groups -OCH3 is 1. The quantitative estimate of drug-likeness (QED) is 0.233. The van der Waals surface area contributed by atoms with Gasteiger partial charge in [-0.25, -0.2) is 18.6 Å². The van der Waals surface area contributed by atoms with Gasteiger partial charge in [0.15, 0.2) is 11.7 Å². The number of aromatic nitrogens is 2. The van der Waals surface area contributed by atoms with Crippen LogP contribution in [0.3, 0.4) is 0 Å². The highest BCUT2D eigenvalue weighted by molar-refractivity contribution is 6.30. The van der Waals surface area contributed by atoms with Gasteiger partial charge in [0.1, 0.15) is 17.7 Å². The topological polar surface area (TPSA) is 109 Å². The number of nitrogens with one attached hydrogen (secondary N) is 3. The molecule has 3 N–H and O–H groups in total. The maximum Gasteiger partial charge on any atom is 0.411 e. The summed E-state index contributed by atoms with van der Waals surface area (Å²) < 4.78 is 39.6. The maximum atomic E-state index is 14.6. The van der Waals surface area contributed by atoms with Crippen molar-refractivity contribution in [2.24, 2.45) is 0 Å². The molecule has 0 aliphatic carbocycles. The minimum atomic E-state index is -1.10. The Morgan fingerprint density at radius 2 is 2.05 bits per heavy atom. The van der Waals surface area contributed by atoms with Crippen LogP contribution < -0.4 is 10.6 Å². The van der Waals surface area contributed by atoms with Gasteiger partial charge in [0.25, 0.3) is 0 Å². The van der Waals surface area contributed by atoms with Crippen LogP contribution in [-0.4, -0.2) is 40.5 Å². The van der Waals surface area contributed by atoms with E-state index in [1.165, 1.54) is 12.0 Å². The van der Waals surface area contributed by atoms with E-state index in [9.17, 15) is 18.4 Å². The summed E-state index contributed by atoms with van der Waals surface area (Å²) in [5, 5.41) is 5.75. The number of hydrogen-bond acceptors (Lipinski definition) is 6. The average Bonchev–Trinajstić information content (AvgIpc) is 3.41. The fourth-order valence-corrected chi connectivity index (χ4v) is 5.18. The number of ether oxygens (including phenoxy) is 2. The molecule has 1 fully saturated rings. The van der Waals surface area contributed by atoms with Crippen LogP contribution in [0.15, 0.2) is 49.0 Å². The molecule has 1 saturated heterocycles. The highest BCUT2D eigenvalue weighted by atomic mass is 35.5. The SMILES string of the molecule is C=C(Nc1ccc2c(c1)NC(=O)CCCC[C@H](N1CC[C@H](c3c(F)ccc(Cl)c3F)OC1=O)c1ncc-2[nH]1)OC. The predicted octanol–water partition coefficient (Wildman–Crippen LogP) is 6.68. The van der Waals surface area contributed by atoms with Crippen LogP contribution in [0.5, 0.6) is 0 Å². The number of benzene rings is 2. The molecule has 2 aromatic carbocycles. The first-order chi connectivity index (χ1) is 19.2. The summed E-state index contributed by atoms with van der Waals surface area (Å²) in [6, 6.07) is 7.10. The number of halogens is 3. The van der Waals surface area contributed by atoms with E-state index in [0.29, 0.717) is 53.6 Å². The summed E-state index contributed by atoms with van der Waals surface area (Å²) in [7, 11) is 1.50. The number of aromatic amines is 1. The van der Waals surface area contributed by atoms with E-state index in [0.717, 1.165) is 12.1 Å². The minimum Gasteiger partial charge on any atom is -0.483 e. The van der Waals surface area contributed by atoms with Gasteiger partial charge in [0.2, 0.25) is 5.91 Å². The standard InChI is InChI=1S/C28H28ClF2N5O4/c1-15(39-2)33-16-7-8-17-20(13-16)34-24(37)6-4-3-5-22(27-32-14-21(17)35-27)36-12-11-23(40-28(36)38)25-19(30)10-9-18(29)26(25)31/h7-10,13-14,22-23,33H,1,3-6,11-12H2,2H3,(H,32,35)(H,34,37)/t22-,23+/m0/s1. The molecule has 0 saturated carbocycles. The highest BCUT2D eigenvalue weighted by Crippen LogP contribution is 2.38. The van der Waals surface area contributed by atoms with Crippen molar-refractivity contribution in [3.63, 3.8) is 0 Å². The molecule has 3 heterocycles. The summed E-state index contributed by atoms with van der Waals surface area (Å²) in [4.78, 5) is 35.3. The number of carbonyl (C=O) groups is 2. The van der Waals surface area contributed by atoms with E-state index in [2.05, 4.69) is 27.2 Å². The number of nitrogens with zero attached hydrogens (tertiary/aromatic N) is 2. The third kappa shape index (κ3) is 5.60. The zero-order valence-electron chi connectivity index (χ0n) is 21.7. The lowest BCUT2D eigenvalue weighted by Gasteiger charge is -2.36. The monoisotopic (exact) mass is 571 g/mol. The molecular weight excluding hydrogens is 544 g/mol. The van der Waals surface area contributed by atoms with Crippen molar-refractivity contribution in [1.29, 1.82) is 0 Å². The summed E-state index contributed by atoms with van der Waals surface area (Å²) in [6.07, 6.45) is 1.99. The van der Waals surface area contributed by atoms with Crippen LogP contribution >= 0.6 is 11.6 Å². The Kier molecular flexibility index (Phi) is 7.92. The third-order valence-electron chi connectivity index (χ3n) is 7.04. The lowest BCUT2D eigenvalue weighted by Crippen LogP contribution is -2.42. The molecule has 9 nitrogen and oxygen atoms in total. The summed E-state index contributed by atoms with van der Waals surface area (Å²) >= 11 is 5.84. The fraction of sp³-hybridized carbons (Fsp3) is 0.321. The molecule has 2 aliphatic rings. The van der Waals surface area contributed by atoms with Crippen LogP contribution in [0.4, 0.5) is 25.0 Å². The molecule has 5 rings (SSSR count). The fourth-order valence-electron chi connectivity index (χ4n) is 5.01. The number of anilines is 2. The van der Waals surface area contributed by atoms with Gasteiger partial charge < -0.3 is 25.1 Å². The number of amides is 2. The van der Waals surface area contributed by atoms with E-state index in [1.807, 2.05) is 12.1 Å². The average molecular weight is 572 g/mol. The van der Waals surface area contributed by atoms with Gasteiger partial charge >= 0.3 is 6.09 Å². The number of carbonyl (C=O) groups excluding carboxylic acids is 2.